The third-order valence-corrected chi connectivity index (χ3v) is 2.87. The van der Waals surface area contributed by atoms with Crippen LogP contribution in [0.3, 0.4) is 0 Å². The van der Waals surface area contributed by atoms with Gasteiger partial charge in [-0.3, -0.25) is 4.79 Å². The van der Waals surface area contributed by atoms with Gasteiger partial charge in [0.15, 0.2) is 0 Å². The number of rotatable bonds is 5. The largest absolute Gasteiger partial charge is 0.385 e. The molecular weight excluding hydrogens is 279 g/mol. The van der Waals surface area contributed by atoms with Crippen molar-refractivity contribution < 1.29 is 9.18 Å². The molecule has 0 unspecified atom stereocenters. The molecule has 0 aliphatic carbocycles. The van der Waals surface area contributed by atoms with Crippen LogP contribution in [0.25, 0.3) is 0 Å². The summed E-state index contributed by atoms with van der Waals surface area (Å²) in [5.41, 5.74) is 1.45. The van der Waals surface area contributed by atoms with Crippen molar-refractivity contribution in [2.75, 3.05) is 17.2 Å². The minimum atomic E-state index is -0.283. The number of halogens is 2. The molecule has 0 aliphatic heterocycles. The molecule has 0 spiro atoms. The van der Waals surface area contributed by atoms with Crippen molar-refractivity contribution in [3.05, 3.63) is 59.4 Å². The Morgan fingerprint density at radius 3 is 2.55 bits per heavy atom. The Labute approximate surface area is 121 Å². The molecule has 0 saturated carbocycles. The Bertz CT molecular complexity index is 587. The molecule has 0 saturated heterocycles. The van der Waals surface area contributed by atoms with Crippen LogP contribution in [0, 0.1) is 5.82 Å². The van der Waals surface area contributed by atoms with Gasteiger partial charge in [0, 0.05) is 29.4 Å². The standard InChI is InChI=1S/C15H14ClFN2O/c16-11-2-1-3-14(10-11)19-15(20)8-9-18-13-6-4-12(17)5-7-13/h1-7,10,18H,8-9H2,(H,19,20). The van der Waals surface area contributed by atoms with E-state index in [1.54, 1.807) is 36.4 Å². The van der Waals surface area contributed by atoms with E-state index in [2.05, 4.69) is 10.6 Å². The molecule has 0 heterocycles. The maximum atomic E-state index is 12.7. The highest BCUT2D eigenvalue weighted by atomic mass is 35.5. The lowest BCUT2D eigenvalue weighted by molar-refractivity contribution is -0.115. The average molecular weight is 293 g/mol. The summed E-state index contributed by atoms with van der Waals surface area (Å²) in [7, 11) is 0. The molecule has 2 aromatic carbocycles. The van der Waals surface area contributed by atoms with Crippen LogP contribution in [0.5, 0.6) is 0 Å². The van der Waals surface area contributed by atoms with Gasteiger partial charge in [0.25, 0.3) is 0 Å². The summed E-state index contributed by atoms with van der Waals surface area (Å²) in [5, 5.41) is 6.38. The van der Waals surface area contributed by atoms with Crippen LogP contribution in [0.4, 0.5) is 15.8 Å². The summed E-state index contributed by atoms with van der Waals surface area (Å²) >= 11 is 5.83. The molecule has 1 amide bonds. The second kappa shape index (κ2) is 6.91. The number of nitrogens with one attached hydrogen (secondary N) is 2. The predicted molar refractivity (Wildman–Crippen MR) is 79.6 cm³/mol. The van der Waals surface area contributed by atoms with Gasteiger partial charge in [0.1, 0.15) is 5.82 Å². The maximum Gasteiger partial charge on any atom is 0.226 e. The molecule has 0 atom stereocenters. The van der Waals surface area contributed by atoms with Crippen LogP contribution < -0.4 is 10.6 Å². The molecule has 2 N–H and O–H groups in total. The van der Waals surface area contributed by atoms with E-state index in [1.807, 2.05) is 0 Å². The molecule has 2 rings (SSSR count). The van der Waals surface area contributed by atoms with E-state index < -0.39 is 0 Å². The highest BCUT2D eigenvalue weighted by molar-refractivity contribution is 6.30. The molecule has 5 heteroatoms. The number of amides is 1. The van der Waals surface area contributed by atoms with E-state index in [0.29, 0.717) is 23.7 Å². The third kappa shape index (κ3) is 4.55. The summed E-state index contributed by atoms with van der Waals surface area (Å²) in [6.45, 7) is 0.470. The monoisotopic (exact) mass is 292 g/mol. The van der Waals surface area contributed by atoms with Crippen molar-refractivity contribution in [3.8, 4) is 0 Å². The Balaban J connectivity index is 1.76. The van der Waals surface area contributed by atoms with Crippen LogP contribution in [-0.2, 0) is 4.79 Å². The highest BCUT2D eigenvalue weighted by Gasteiger charge is 2.02. The lowest BCUT2D eigenvalue weighted by Crippen LogP contribution is -2.16. The van der Waals surface area contributed by atoms with Crippen LogP contribution in [0.1, 0.15) is 6.42 Å². The molecule has 0 bridgehead atoms. The third-order valence-electron chi connectivity index (χ3n) is 2.63. The Kier molecular flexibility index (Phi) is 4.96. The van der Waals surface area contributed by atoms with Gasteiger partial charge in [-0.2, -0.15) is 0 Å². The molecule has 0 aromatic heterocycles. The molecule has 0 fully saturated rings. The number of anilines is 2. The van der Waals surface area contributed by atoms with Gasteiger partial charge in [-0.25, -0.2) is 4.39 Å². The lowest BCUT2D eigenvalue weighted by Gasteiger charge is -2.07. The molecule has 104 valence electrons. The lowest BCUT2D eigenvalue weighted by atomic mass is 10.3. The first-order valence-corrected chi connectivity index (χ1v) is 6.56. The van der Waals surface area contributed by atoms with Gasteiger partial charge >= 0.3 is 0 Å². The van der Waals surface area contributed by atoms with E-state index in [0.717, 1.165) is 5.69 Å². The normalized spacial score (nSPS) is 10.1. The van der Waals surface area contributed by atoms with Crippen LogP contribution >= 0.6 is 11.6 Å². The van der Waals surface area contributed by atoms with E-state index in [-0.39, 0.29) is 11.7 Å². The fraction of sp³-hybridized carbons (Fsp3) is 0.133. The minimum Gasteiger partial charge on any atom is -0.385 e. The van der Waals surface area contributed by atoms with Gasteiger partial charge in [-0.1, -0.05) is 17.7 Å². The topological polar surface area (TPSA) is 41.1 Å². The number of carbonyl (C=O) groups is 1. The summed E-state index contributed by atoms with van der Waals surface area (Å²) in [4.78, 5) is 11.7. The number of hydrogen-bond acceptors (Lipinski definition) is 2. The zero-order valence-electron chi connectivity index (χ0n) is 10.7. The van der Waals surface area contributed by atoms with Crippen LogP contribution in [0.2, 0.25) is 5.02 Å². The van der Waals surface area contributed by atoms with Crippen molar-refractivity contribution in [3.63, 3.8) is 0 Å². The summed E-state index contributed by atoms with van der Waals surface area (Å²) in [5.74, 6) is -0.392. The predicted octanol–water partition coefficient (Wildman–Crippen LogP) is 3.92. The number of carbonyl (C=O) groups excluding carboxylic acids is 1. The number of benzene rings is 2. The SMILES string of the molecule is O=C(CCNc1ccc(F)cc1)Nc1cccc(Cl)c1. The first-order valence-electron chi connectivity index (χ1n) is 6.18. The van der Waals surface area contributed by atoms with Gasteiger partial charge < -0.3 is 10.6 Å². The fourth-order valence-electron chi connectivity index (χ4n) is 1.68. The average Bonchev–Trinajstić information content (AvgIpc) is 2.41. The molecule has 20 heavy (non-hydrogen) atoms. The van der Waals surface area contributed by atoms with Crippen molar-refractivity contribution in [1.82, 2.24) is 0 Å². The molecular formula is C15H14ClFN2O. The second-order valence-corrected chi connectivity index (χ2v) is 4.68. The first-order chi connectivity index (χ1) is 9.63. The fourth-order valence-corrected chi connectivity index (χ4v) is 1.87. The van der Waals surface area contributed by atoms with E-state index >= 15 is 0 Å². The van der Waals surface area contributed by atoms with Crippen LogP contribution in [-0.4, -0.2) is 12.5 Å². The maximum absolute atomic E-state index is 12.7. The zero-order valence-corrected chi connectivity index (χ0v) is 11.5. The molecule has 2 aromatic rings. The Hall–Kier alpha value is -2.07. The number of hydrogen-bond donors (Lipinski definition) is 2. The van der Waals surface area contributed by atoms with Crippen LogP contribution in [0.15, 0.2) is 48.5 Å². The molecule has 0 aliphatic rings. The van der Waals surface area contributed by atoms with Crippen molar-refractivity contribution in [1.29, 1.82) is 0 Å². The van der Waals surface area contributed by atoms with Crippen molar-refractivity contribution in [2.45, 2.75) is 6.42 Å². The minimum absolute atomic E-state index is 0.109. The van der Waals surface area contributed by atoms with Crippen molar-refractivity contribution in [2.24, 2.45) is 0 Å². The van der Waals surface area contributed by atoms with E-state index in [4.69, 9.17) is 11.6 Å². The van der Waals surface area contributed by atoms with E-state index in [1.165, 1.54) is 12.1 Å². The molecule has 0 radical (unpaired) electrons. The Morgan fingerprint density at radius 1 is 1.10 bits per heavy atom. The summed E-state index contributed by atoms with van der Waals surface area (Å²) in [6.07, 6.45) is 0.309. The van der Waals surface area contributed by atoms with Crippen molar-refractivity contribution >= 4 is 28.9 Å². The highest BCUT2D eigenvalue weighted by Crippen LogP contribution is 2.15. The molecule has 3 nitrogen and oxygen atoms in total. The second-order valence-electron chi connectivity index (χ2n) is 4.24. The quantitative estimate of drug-likeness (QED) is 0.877. The smallest absolute Gasteiger partial charge is 0.226 e. The first kappa shape index (κ1) is 14.3. The summed E-state index contributed by atoms with van der Waals surface area (Å²) in [6, 6.07) is 13.0. The Morgan fingerprint density at radius 2 is 1.85 bits per heavy atom. The van der Waals surface area contributed by atoms with E-state index in [9.17, 15) is 9.18 Å². The van der Waals surface area contributed by atoms with Gasteiger partial charge in [0.05, 0.1) is 0 Å². The van der Waals surface area contributed by atoms with Gasteiger partial charge in [-0.15, -0.1) is 0 Å². The zero-order chi connectivity index (χ0) is 14.4. The van der Waals surface area contributed by atoms with Gasteiger partial charge in [0.2, 0.25) is 5.91 Å². The summed E-state index contributed by atoms with van der Waals surface area (Å²) < 4.78 is 12.7. The van der Waals surface area contributed by atoms with Gasteiger partial charge in [-0.05, 0) is 42.5 Å².